The first-order valence-corrected chi connectivity index (χ1v) is 8.03. The molecular formula is C13H14ClN3O3S. The summed E-state index contributed by atoms with van der Waals surface area (Å²) in [5.74, 6) is 0.767. The average molecular weight is 328 g/mol. The molecule has 2 rings (SSSR count). The summed E-state index contributed by atoms with van der Waals surface area (Å²) in [6.07, 6.45) is 1.37. The number of anilines is 1. The van der Waals surface area contributed by atoms with Crippen LogP contribution in [0.25, 0.3) is 0 Å². The standard InChI is InChI=1S/C13H14ClN3O3S/c1-3-20-11-5-4-10(8-9(11)2)21(18,19)17-12-6-7-15-13(14)16-12/h4-8H,3H2,1-2H3,(H,15,16,17). The molecule has 0 radical (unpaired) electrons. The van der Waals surface area contributed by atoms with Crippen LogP contribution in [0.15, 0.2) is 35.4 Å². The van der Waals surface area contributed by atoms with Crippen molar-refractivity contribution in [2.24, 2.45) is 0 Å². The summed E-state index contributed by atoms with van der Waals surface area (Å²) in [6.45, 7) is 4.17. The van der Waals surface area contributed by atoms with Gasteiger partial charge in [0.15, 0.2) is 0 Å². The smallest absolute Gasteiger partial charge is 0.263 e. The maximum Gasteiger partial charge on any atom is 0.263 e. The van der Waals surface area contributed by atoms with Gasteiger partial charge in [-0.05, 0) is 55.3 Å². The number of aryl methyl sites for hydroxylation is 1. The number of hydrogen-bond donors (Lipinski definition) is 1. The van der Waals surface area contributed by atoms with E-state index in [0.717, 1.165) is 5.56 Å². The molecule has 0 aliphatic rings. The zero-order valence-electron chi connectivity index (χ0n) is 11.5. The molecule has 21 heavy (non-hydrogen) atoms. The van der Waals surface area contributed by atoms with Crippen molar-refractivity contribution < 1.29 is 13.2 Å². The first-order chi connectivity index (χ1) is 9.92. The molecular weight excluding hydrogens is 314 g/mol. The monoisotopic (exact) mass is 327 g/mol. The van der Waals surface area contributed by atoms with E-state index in [9.17, 15) is 8.42 Å². The first-order valence-electron chi connectivity index (χ1n) is 6.17. The van der Waals surface area contributed by atoms with Crippen LogP contribution in [0.3, 0.4) is 0 Å². The molecule has 6 nitrogen and oxygen atoms in total. The molecule has 0 spiro atoms. The molecule has 1 N–H and O–H groups in total. The van der Waals surface area contributed by atoms with Gasteiger partial charge in [0, 0.05) is 6.20 Å². The molecule has 0 aliphatic heterocycles. The second-order valence-electron chi connectivity index (χ2n) is 4.18. The van der Waals surface area contributed by atoms with Crippen molar-refractivity contribution >= 4 is 27.4 Å². The van der Waals surface area contributed by atoms with E-state index in [1.165, 1.54) is 24.4 Å². The highest BCUT2D eigenvalue weighted by Gasteiger charge is 2.16. The Labute approximate surface area is 128 Å². The van der Waals surface area contributed by atoms with E-state index in [-0.39, 0.29) is 16.0 Å². The van der Waals surface area contributed by atoms with Crippen molar-refractivity contribution in [3.63, 3.8) is 0 Å². The highest BCUT2D eigenvalue weighted by molar-refractivity contribution is 7.92. The highest BCUT2D eigenvalue weighted by Crippen LogP contribution is 2.23. The number of sulfonamides is 1. The Morgan fingerprint density at radius 1 is 1.33 bits per heavy atom. The number of nitrogens with one attached hydrogen (secondary N) is 1. The Balaban J connectivity index is 2.29. The average Bonchev–Trinajstić information content (AvgIpc) is 2.40. The number of aromatic nitrogens is 2. The third-order valence-electron chi connectivity index (χ3n) is 2.62. The number of hydrogen-bond acceptors (Lipinski definition) is 5. The normalized spacial score (nSPS) is 11.2. The lowest BCUT2D eigenvalue weighted by molar-refractivity contribution is 0.337. The van der Waals surface area contributed by atoms with E-state index in [4.69, 9.17) is 16.3 Å². The Kier molecular flexibility index (Phi) is 4.64. The van der Waals surface area contributed by atoms with Gasteiger partial charge in [-0.15, -0.1) is 0 Å². The van der Waals surface area contributed by atoms with Crippen LogP contribution in [0.2, 0.25) is 5.28 Å². The van der Waals surface area contributed by atoms with Crippen molar-refractivity contribution in [3.05, 3.63) is 41.3 Å². The van der Waals surface area contributed by atoms with Crippen molar-refractivity contribution in [2.75, 3.05) is 11.3 Å². The van der Waals surface area contributed by atoms with Gasteiger partial charge in [0.05, 0.1) is 11.5 Å². The van der Waals surface area contributed by atoms with Crippen molar-refractivity contribution in [3.8, 4) is 5.75 Å². The van der Waals surface area contributed by atoms with Gasteiger partial charge in [0.25, 0.3) is 10.0 Å². The third kappa shape index (κ3) is 3.83. The second kappa shape index (κ2) is 6.28. The minimum atomic E-state index is -3.74. The van der Waals surface area contributed by atoms with Crippen LogP contribution in [0.1, 0.15) is 12.5 Å². The lowest BCUT2D eigenvalue weighted by Gasteiger charge is -2.11. The van der Waals surface area contributed by atoms with E-state index >= 15 is 0 Å². The lowest BCUT2D eigenvalue weighted by atomic mass is 10.2. The molecule has 0 fully saturated rings. The fraction of sp³-hybridized carbons (Fsp3) is 0.231. The van der Waals surface area contributed by atoms with Crippen molar-refractivity contribution in [1.82, 2.24) is 9.97 Å². The van der Waals surface area contributed by atoms with Gasteiger partial charge in [0.2, 0.25) is 5.28 Å². The quantitative estimate of drug-likeness (QED) is 0.854. The molecule has 0 saturated carbocycles. The van der Waals surface area contributed by atoms with Gasteiger partial charge >= 0.3 is 0 Å². The SMILES string of the molecule is CCOc1ccc(S(=O)(=O)Nc2ccnc(Cl)n2)cc1C. The molecule has 0 atom stereocenters. The van der Waals surface area contributed by atoms with Gasteiger partial charge in [-0.2, -0.15) is 4.98 Å². The van der Waals surface area contributed by atoms with Crippen molar-refractivity contribution in [1.29, 1.82) is 0 Å². The topological polar surface area (TPSA) is 81.2 Å². The molecule has 2 aromatic rings. The Morgan fingerprint density at radius 3 is 2.71 bits per heavy atom. The minimum absolute atomic E-state index is 0.0296. The Morgan fingerprint density at radius 2 is 2.10 bits per heavy atom. The number of rotatable bonds is 5. The molecule has 8 heteroatoms. The second-order valence-corrected chi connectivity index (χ2v) is 6.20. The first kappa shape index (κ1) is 15.5. The third-order valence-corrected chi connectivity index (χ3v) is 4.16. The van der Waals surface area contributed by atoms with E-state index < -0.39 is 10.0 Å². The predicted molar refractivity (Wildman–Crippen MR) is 80.2 cm³/mol. The largest absolute Gasteiger partial charge is 0.494 e. The molecule has 1 aromatic carbocycles. The molecule has 0 aliphatic carbocycles. The van der Waals surface area contributed by atoms with Crippen molar-refractivity contribution in [2.45, 2.75) is 18.7 Å². The summed E-state index contributed by atoms with van der Waals surface area (Å²) in [6, 6.07) is 6.06. The number of benzene rings is 1. The number of ether oxygens (including phenoxy) is 1. The number of nitrogens with zero attached hydrogens (tertiary/aromatic N) is 2. The fourth-order valence-corrected chi connectivity index (χ4v) is 2.93. The van der Waals surface area contributed by atoms with Crippen LogP contribution in [0.4, 0.5) is 5.82 Å². The summed E-state index contributed by atoms with van der Waals surface area (Å²) in [5.41, 5.74) is 0.737. The molecule has 0 unspecified atom stereocenters. The number of halogens is 1. The van der Waals surface area contributed by atoms with E-state index in [1.807, 2.05) is 6.92 Å². The van der Waals surface area contributed by atoms with Crippen LogP contribution in [-0.4, -0.2) is 25.0 Å². The van der Waals surface area contributed by atoms with Crippen LogP contribution in [0.5, 0.6) is 5.75 Å². The molecule has 1 aromatic heterocycles. The summed E-state index contributed by atoms with van der Waals surface area (Å²) < 4.78 is 32.3. The Bertz CT molecular complexity index is 750. The predicted octanol–water partition coefficient (Wildman–Crippen LogP) is 2.64. The van der Waals surface area contributed by atoms with Gasteiger partial charge in [-0.1, -0.05) is 0 Å². The molecule has 112 valence electrons. The van der Waals surface area contributed by atoms with Crippen LogP contribution in [-0.2, 0) is 10.0 Å². The van der Waals surface area contributed by atoms with Crippen LogP contribution < -0.4 is 9.46 Å². The van der Waals surface area contributed by atoms with E-state index in [0.29, 0.717) is 12.4 Å². The summed E-state index contributed by atoms with van der Waals surface area (Å²) in [4.78, 5) is 7.61. The maximum atomic E-state index is 12.3. The Hall–Kier alpha value is -1.86. The minimum Gasteiger partial charge on any atom is -0.494 e. The van der Waals surface area contributed by atoms with E-state index in [2.05, 4.69) is 14.7 Å². The highest BCUT2D eigenvalue weighted by atomic mass is 35.5. The molecule has 0 bridgehead atoms. The van der Waals surface area contributed by atoms with Gasteiger partial charge in [-0.3, -0.25) is 4.72 Å². The van der Waals surface area contributed by atoms with Crippen LogP contribution >= 0.6 is 11.6 Å². The summed E-state index contributed by atoms with van der Waals surface area (Å²) in [7, 11) is -3.74. The van der Waals surface area contributed by atoms with Gasteiger partial charge in [-0.25, -0.2) is 13.4 Å². The lowest BCUT2D eigenvalue weighted by Crippen LogP contribution is -2.14. The fourth-order valence-electron chi connectivity index (χ4n) is 1.69. The molecule has 0 saturated heterocycles. The summed E-state index contributed by atoms with van der Waals surface area (Å²) >= 11 is 5.63. The molecule has 0 amide bonds. The van der Waals surface area contributed by atoms with E-state index in [1.54, 1.807) is 13.0 Å². The summed E-state index contributed by atoms with van der Waals surface area (Å²) in [5, 5.41) is -0.0296. The van der Waals surface area contributed by atoms with Crippen LogP contribution in [0, 0.1) is 6.92 Å². The van der Waals surface area contributed by atoms with Gasteiger partial charge in [0.1, 0.15) is 11.6 Å². The zero-order chi connectivity index (χ0) is 15.5. The maximum absolute atomic E-state index is 12.3. The molecule has 1 heterocycles. The van der Waals surface area contributed by atoms with Gasteiger partial charge < -0.3 is 4.74 Å². The zero-order valence-corrected chi connectivity index (χ0v) is 13.1.